The summed E-state index contributed by atoms with van der Waals surface area (Å²) in [6, 6.07) is -0.00981. The summed E-state index contributed by atoms with van der Waals surface area (Å²) in [5.41, 5.74) is -0.420. The minimum atomic E-state index is -0.888. The summed E-state index contributed by atoms with van der Waals surface area (Å²) in [4.78, 5) is 29.9. The van der Waals surface area contributed by atoms with Crippen LogP contribution in [0.15, 0.2) is 0 Å². The number of amides is 2. The molecule has 0 atom stereocenters. The predicted octanol–water partition coefficient (Wildman–Crippen LogP) is 2.34. The summed E-state index contributed by atoms with van der Waals surface area (Å²) in [6.45, 7) is 5.70. The third-order valence-corrected chi connectivity index (χ3v) is 3.92. The van der Waals surface area contributed by atoms with Gasteiger partial charge in [-0.2, -0.15) is 0 Å². The maximum atomic E-state index is 12.0. The molecule has 0 aromatic rings. The lowest BCUT2D eigenvalue weighted by molar-refractivity contribution is -0.174. The quantitative estimate of drug-likeness (QED) is 0.808. The van der Waals surface area contributed by atoms with Crippen molar-refractivity contribution in [2.45, 2.75) is 58.0 Å². The van der Waals surface area contributed by atoms with E-state index < -0.39 is 11.6 Å². The number of carboxylic acid groups (broad SMARTS) is 1. The lowest BCUT2D eigenvalue weighted by atomic mass is 9.83. The minimum Gasteiger partial charge on any atom is -0.465 e. The number of carbonyl (C=O) groups excluding carboxylic acids is 1. The van der Waals surface area contributed by atoms with Gasteiger partial charge >= 0.3 is 6.09 Å². The Balaban J connectivity index is 2.65. The van der Waals surface area contributed by atoms with Crippen LogP contribution in [0.2, 0.25) is 0 Å². The fraction of sp³-hybridized carbons (Fsp3) is 0.857. The molecule has 1 rings (SSSR count). The Kier molecular flexibility index (Phi) is 5.39. The smallest absolute Gasteiger partial charge is 0.407 e. The maximum absolute atomic E-state index is 12.0. The van der Waals surface area contributed by atoms with Crippen LogP contribution >= 0.6 is 0 Å². The third kappa shape index (κ3) is 3.85. The van der Waals surface area contributed by atoms with Crippen molar-refractivity contribution in [3.05, 3.63) is 0 Å². The first-order valence-electron chi connectivity index (χ1n) is 7.02. The summed E-state index contributed by atoms with van der Waals surface area (Å²) in [5.74, 6) is -0.0876. The van der Waals surface area contributed by atoms with Gasteiger partial charge in [0, 0.05) is 24.5 Å². The van der Waals surface area contributed by atoms with Gasteiger partial charge in [0.15, 0.2) is 0 Å². The van der Waals surface area contributed by atoms with E-state index in [9.17, 15) is 14.7 Å². The fourth-order valence-electron chi connectivity index (χ4n) is 2.92. The Hall–Kier alpha value is -1.30. The van der Waals surface area contributed by atoms with Crippen molar-refractivity contribution in [2.24, 2.45) is 5.92 Å². The Morgan fingerprint density at radius 3 is 2.00 bits per heavy atom. The van der Waals surface area contributed by atoms with Gasteiger partial charge in [0.25, 0.3) is 0 Å². The maximum Gasteiger partial charge on any atom is 0.407 e. The molecule has 1 N–H and O–H groups in total. The van der Waals surface area contributed by atoms with Crippen molar-refractivity contribution in [3.8, 4) is 0 Å². The van der Waals surface area contributed by atoms with Crippen LogP contribution in [-0.2, 0) is 9.63 Å². The van der Waals surface area contributed by atoms with Crippen LogP contribution < -0.4 is 0 Å². The molecule has 0 radical (unpaired) electrons. The number of hydrogen-bond donors (Lipinski definition) is 1. The Labute approximate surface area is 120 Å². The lowest BCUT2D eigenvalue weighted by Crippen LogP contribution is -2.52. The molecule has 2 amide bonds. The normalized spacial score (nSPS) is 23.2. The van der Waals surface area contributed by atoms with Gasteiger partial charge in [-0.3, -0.25) is 9.63 Å². The van der Waals surface area contributed by atoms with E-state index in [1.807, 2.05) is 20.8 Å². The molecule has 20 heavy (non-hydrogen) atoms. The monoisotopic (exact) mass is 286 g/mol. The van der Waals surface area contributed by atoms with Gasteiger partial charge in [-0.15, -0.1) is 0 Å². The van der Waals surface area contributed by atoms with E-state index in [4.69, 9.17) is 4.84 Å². The minimum absolute atomic E-state index is 0.00981. The molecule has 1 aliphatic carbocycles. The predicted molar refractivity (Wildman–Crippen MR) is 75.1 cm³/mol. The molecule has 1 aliphatic rings. The van der Waals surface area contributed by atoms with Crippen LogP contribution in [0.3, 0.4) is 0 Å². The van der Waals surface area contributed by atoms with E-state index in [1.54, 1.807) is 7.05 Å². The Morgan fingerprint density at radius 2 is 1.65 bits per heavy atom. The molecule has 1 saturated carbocycles. The second-order valence-corrected chi connectivity index (χ2v) is 6.35. The first-order chi connectivity index (χ1) is 9.18. The summed E-state index contributed by atoms with van der Waals surface area (Å²) in [5, 5.41) is 10.6. The average molecular weight is 286 g/mol. The van der Waals surface area contributed by atoms with Crippen LogP contribution in [0, 0.1) is 5.92 Å². The molecule has 0 spiro atoms. The highest BCUT2D eigenvalue weighted by Gasteiger charge is 2.37. The van der Waals surface area contributed by atoms with Crippen LogP contribution in [0.5, 0.6) is 0 Å². The fourth-order valence-corrected chi connectivity index (χ4v) is 2.92. The molecule has 0 heterocycles. The summed E-state index contributed by atoms with van der Waals surface area (Å²) >= 11 is 0. The van der Waals surface area contributed by atoms with Crippen LogP contribution in [0.4, 0.5) is 4.79 Å². The van der Waals surface area contributed by atoms with E-state index in [-0.39, 0.29) is 17.9 Å². The molecule has 116 valence electrons. The van der Waals surface area contributed by atoms with Crippen LogP contribution in [0.1, 0.15) is 46.5 Å². The molecule has 0 saturated heterocycles. The van der Waals surface area contributed by atoms with Crippen molar-refractivity contribution < 1.29 is 19.5 Å². The zero-order valence-corrected chi connectivity index (χ0v) is 13.0. The second-order valence-electron chi connectivity index (χ2n) is 6.35. The average Bonchev–Trinajstić information content (AvgIpc) is 2.35. The summed E-state index contributed by atoms with van der Waals surface area (Å²) in [6.07, 6.45) is 1.96. The number of nitrogens with zero attached hydrogens (tertiary/aromatic N) is 2. The van der Waals surface area contributed by atoms with Gasteiger partial charge in [0.2, 0.25) is 5.91 Å². The highest BCUT2D eigenvalue weighted by molar-refractivity contribution is 5.77. The molecule has 0 unspecified atom stereocenters. The summed E-state index contributed by atoms with van der Waals surface area (Å²) in [7, 11) is 3.07. The molecule has 0 aliphatic heterocycles. The van der Waals surface area contributed by atoms with Gasteiger partial charge in [-0.25, -0.2) is 9.86 Å². The molecule has 0 aromatic heterocycles. The van der Waals surface area contributed by atoms with E-state index in [0.29, 0.717) is 12.8 Å². The number of rotatable bonds is 3. The van der Waals surface area contributed by atoms with Gasteiger partial charge in [0.1, 0.15) is 0 Å². The molecule has 6 nitrogen and oxygen atoms in total. The first kappa shape index (κ1) is 16.8. The van der Waals surface area contributed by atoms with E-state index in [1.165, 1.54) is 17.1 Å². The molecule has 1 fully saturated rings. The third-order valence-electron chi connectivity index (χ3n) is 3.92. The standard InChI is InChI=1S/C14H26N2O4/c1-14(2,3)16(13(18)19)11-8-6-10(7-9-11)12(17)15(4)20-5/h10-11H,6-9H2,1-5H3,(H,18,19). The first-order valence-corrected chi connectivity index (χ1v) is 7.02. The Bertz CT molecular complexity index is 357. The van der Waals surface area contributed by atoms with Gasteiger partial charge in [-0.05, 0) is 46.5 Å². The van der Waals surface area contributed by atoms with Gasteiger partial charge in [-0.1, -0.05) is 0 Å². The SMILES string of the molecule is CON(C)C(=O)C1CCC(N(C(=O)O)C(C)(C)C)CC1. The van der Waals surface area contributed by atoms with Crippen molar-refractivity contribution in [1.29, 1.82) is 0 Å². The van der Waals surface area contributed by atoms with E-state index in [0.717, 1.165) is 12.8 Å². The van der Waals surface area contributed by atoms with E-state index in [2.05, 4.69) is 0 Å². The Morgan fingerprint density at radius 1 is 1.15 bits per heavy atom. The largest absolute Gasteiger partial charge is 0.465 e. The van der Waals surface area contributed by atoms with Crippen molar-refractivity contribution in [1.82, 2.24) is 9.96 Å². The molecule has 6 heteroatoms. The topological polar surface area (TPSA) is 70.1 Å². The number of carbonyl (C=O) groups is 2. The number of hydrogen-bond acceptors (Lipinski definition) is 3. The van der Waals surface area contributed by atoms with Crippen molar-refractivity contribution in [2.75, 3.05) is 14.2 Å². The molecule has 0 aromatic carbocycles. The lowest BCUT2D eigenvalue weighted by Gasteiger charge is -2.42. The van der Waals surface area contributed by atoms with Crippen LogP contribution in [-0.4, -0.2) is 52.8 Å². The highest BCUT2D eigenvalue weighted by Crippen LogP contribution is 2.32. The summed E-state index contributed by atoms with van der Waals surface area (Å²) < 4.78 is 0. The van der Waals surface area contributed by atoms with Gasteiger partial charge in [0.05, 0.1) is 7.11 Å². The molecular weight excluding hydrogens is 260 g/mol. The highest BCUT2D eigenvalue weighted by atomic mass is 16.7. The molecule has 0 bridgehead atoms. The van der Waals surface area contributed by atoms with Crippen LogP contribution in [0.25, 0.3) is 0 Å². The van der Waals surface area contributed by atoms with Gasteiger partial charge < -0.3 is 10.0 Å². The van der Waals surface area contributed by atoms with E-state index >= 15 is 0 Å². The zero-order chi connectivity index (χ0) is 15.5. The zero-order valence-electron chi connectivity index (χ0n) is 13.0. The molecular formula is C14H26N2O4. The van der Waals surface area contributed by atoms with Crippen molar-refractivity contribution >= 4 is 12.0 Å². The second kappa shape index (κ2) is 6.43. The number of hydroxylamine groups is 2. The van der Waals surface area contributed by atoms with Crippen molar-refractivity contribution in [3.63, 3.8) is 0 Å².